The van der Waals surface area contributed by atoms with Gasteiger partial charge in [-0.25, -0.2) is 0 Å². The van der Waals surface area contributed by atoms with Crippen LogP contribution in [0.15, 0.2) is 0 Å². The quantitative estimate of drug-likeness (QED) is 0.555. The Bertz CT molecular complexity index is 246. The molecule has 1 spiro atoms. The Hall–Kier alpha value is 2.64. The third-order valence-corrected chi connectivity index (χ3v) is 43.6. The zero-order valence-corrected chi connectivity index (χ0v) is 16.0. The van der Waals surface area contributed by atoms with Gasteiger partial charge in [-0.2, -0.15) is 0 Å². The van der Waals surface area contributed by atoms with Crippen LogP contribution in [0, 0.1) is 0 Å². The summed E-state index contributed by atoms with van der Waals surface area (Å²) in [6.07, 6.45) is 0. The van der Waals surface area contributed by atoms with Crippen molar-refractivity contribution in [2.24, 2.45) is 0 Å². The molecule has 0 radical (unpaired) electrons. The van der Waals surface area contributed by atoms with Crippen molar-refractivity contribution in [3.63, 3.8) is 0 Å². The number of rotatable bonds is 2. The van der Waals surface area contributed by atoms with Crippen molar-refractivity contribution in [1.29, 1.82) is 0 Å². The van der Waals surface area contributed by atoms with Gasteiger partial charge in [-0.1, -0.05) is 0 Å². The molecule has 0 saturated carbocycles. The molecule has 0 atom stereocenters. The van der Waals surface area contributed by atoms with Gasteiger partial charge in [-0.05, 0) is 0 Å². The van der Waals surface area contributed by atoms with Gasteiger partial charge < -0.3 is 0 Å². The van der Waals surface area contributed by atoms with Crippen LogP contribution in [0.5, 0.6) is 0 Å². The van der Waals surface area contributed by atoms with Gasteiger partial charge in [0.15, 0.2) is 0 Å². The van der Waals surface area contributed by atoms with E-state index in [1.54, 1.807) is 0 Å². The molecule has 2 aliphatic heterocycles. The van der Waals surface area contributed by atoms with Crippen molar-refractivity contribution < 1.29 is 0 Å². The van der Waals surface area contributed by atoms with Gasteiger partial charge in [0.2, 0.25) is 0 Å². The van der Waals surface area contributed by atoms with E-state index in [0.717, 1.165) is 11.5 Å². The first-order valence-corrected chi connectivity index (χ1v) is 20.0. The van der Waals surface area contributed by atoms with E-state index >= 15 is 0 Å². The molecule has 2 heterocycles. The molecular weight excluding hydrogens is 361 g/mol. The first-order chi connectivity index (χ1) is 6.99. The summed E-state index contributed by atoms with van der Waals surface area (Å²) in [5.41, 5.74) is 0. The fourth-order valence-corrected chi connectivity index (χ4v) is 59.5. The summed E-state index contributed by atoms with van der Waals surface area (Å²) in [5, 5.41) is 0. The topological polar surface area (TPSA) is 0 Å². The van der Waals surface area contributed by atoms with Crippen molar-refractivity contribution in [2.45, 2.75) is 23.3 Å². The molecule has 0 aromatic carbocycles. The van der Waals surface area contributed by atoms with Crippen LogP contribution in [-0.2, 0) is 0 Å². The molecule has 2 saturated heterocycles. The van der Waals surface area contributed by atoms with E-state index in [1.807, 2.05) is 0 Å². The molecular formula is C8H16GeS6. The van der Waals surface area contributed by atoms with Crippen molar-refractivity contribution >= 4 is 74.3 Å². The summed E-state index contributed by atoms with van der Waals surface area (Å²) in [5.74, 6) is 4.68. The molecule has 0 nitrogen and oxygen atoms in total. The molecule has 2 aliphatic rings. The van der Waals surface area contributed by atoms with E-state index in [0.29, 0.717) is 9.49 Å². The molecule has 15 heavy (non-hydrogen) atoms. The maximum atomic E-state index is 4.60. The van der Waals surface area contributed by atoms with E-state index in [2.05, 4.69) is 79.5 Å². The molecule has 2 rings (SSSR count). The number of hydrogen-bond donors (Lipinski definition) is 2. The van der Waals surface area contributed by atoms with E-state index in [4.69, 9.17) is 0 Å². The predicted octanol–water partition coefficient (Wildman–Crippen LogP) is 3.76. The second-order valence-corrected chi connectivity index (χ2v) is 37.5. The SMILES string of the molecule is CC1(C)[S][Ge]2([S]CC[S]2)[S]C1(CS)CS. The number of thiol groups is 2. The van der Waals surface area contributed by atoms with Gasteiger partial charge in [-0.3, -0.25) is 0 Å². The van der Waals surface area contributed by atoms with Crippen molar-refractivity contribution in [3.05, 3.63) is 0 Å². The summed E-state index contributed by atoms with van der Waals surface area (Å²) < 4.78 is 0.653. The average molecular weight is 377 g/mol. The molecule has 0 aromatic heterocycles. The molecule has 0 unspecified atom stereocenters. The zero-order valence-electron chi connectivity index (χ0n) is 8.86. The second kappa shape index (κ2) is 4.96. The number of hydrogen-bond acceptors (Lipinski definition) is 6. The third-order valence-electron chi connectivity index (χ3n) is 2.95. The standard InChI is InChI=1S/C8H16GeS6/c1-7(2)8(5-10,6-11)15-9(14-7)12-3-4-13-9/h10-11H,3-6H2,1-2H3. The van der Waals surface area contributed by atoms with E-state index in [1.165, 1.54) is 11.5 Å². The summed E-state index contributed by atoms with van der Waals surface area (Å²) in [6, 6.07) is 0. The van der Waals surface area contributed by atoms with Crippen LogP contribution in [0.2, 0.25) is 0 Å². The van der Waals surface area contributed by atoms with Crippen molar-refractivity contribution in [1.82, 2.24) is 0 Å². The molecule has 0 aromatic rings. The average Bonchev–Trinajstić information content (AvgIpc) is 2.70. The van der Waals surface area contributed by atoms with Crippen LogP contribution in [0.4, 0.5) is 0 Å². The van der Waals surface area contributed by atoms with E-state index in [9.17, 15) is 0 Å². The third kappa shape index (κ3) is 2.39. The second-order valence-electron chi connectivity index (χ2n) is 4.22. The van der Waals surface area contributed by atoms with Crippen LogP contribution < -0.4 is 0 Å². The fraction of sp³-hybridized carbons (Fsp3) is 1.00. The van der Waals surface area contributed by atoms with E-state index in [-0.39, 0.29) is 0 Å². The van der Waals surface area contributed by atoms with E-state index < -0.39 is 8.70 Å². The van der Waals surface area contributed by atoms with Gasteiger partial charge >= 0.3 is 121 Å². The van der Waals surface area contributed by atoms with Crippen LogP contribution in [-0.4, -0.2) is 41.2 Å². The molecule has 0 aliphatic carbocycles. The van der Waals surface area contributed by atoms with Crippen molar-refractivity contribution in [3.8, 4) is 0 Å². The van der Waals surface area contributed by atoms with Crippen LogP contribution in [0.1, 0.15) is 13.8 Å². The first kappa shape index (κ1) is 14.1. The summed E-state index contributed by atoms with van der Waals surface area (Å²) in [4.78, 5) is 0. The monoisotopic (exact) mass is 378 g/mol. The maximum absolute atomic E-state index is 4.60. The minimum atomic E-state index is -1.75. The summed E-state index contributed by atoms with van der Waals surface area (Å²) in [7, 11) is 7.45. The fourth-order valence-electron chi connectivity index (χ4n) is 1.78. The van der Waals surface area contributed by atoms with Crippen LogP contribution in [0.25, 0.3) is 0 Å². The van der Waals surface area contributed by atoms with Gasteiger partial charge in [0.05, 0.1) is 0 Å². The molecule has 7 heteroatoms. The summed E-state index contributed by atoms with van der Waals surface area (Å²) in [6.45, 7) is 4.80. The Morgan fingerprint density at radius 2 is 1.60 bits per heavy atom. The van der Waals surface area contributed by atoms with Crippen molar-refractivity contribution in [2.75, 3.05) is 23.0 Å². The van der Waals surface area contributed by atoms with Gasteiger partial charge in [0.25, 0.3) is 0 Å². The predicted molar refractivity (Wildman–Crippen MR) is 90.4 cm³/mol. The Labute approximate surface area is 119 Å². The Balaban J connectivity index is 2.27. The molecule has 0 bridgehead atoms. The normalized spacial score (nSPS) is 31.2. The van der Waals surface area contributed by atoms with Gasteiger partial charge in [0.1, 0.15) is 0 Å². The minimum absolute atomic E-state index is 0.300. The zero-order chi connectivity index (χ0) is 11.2. The Morgan fingerprint density at radius 1 is 1.07 bits per heavy atom. The first-order valence-electron chi connectivity index (χ1n) is 4.89. The molecule has 88 valence electrons. The summed E-state index contributed by atoms with van der Waals surface area (Å²) >= 11 is 9.20. The Morgan fingerprint density at radius 3 is 2.00 bits per heavy atom. The van der Waals surface area contributed by atoms with Crippen LogP contribution >= 0.6 is 65.6 Å². The molecule has 0 amide bonds. The van der Waals surface area contributed by atoms with Gasteiger partial charge in [-0.15, -0.1) is 0 Å². The van der Waals surface area contributed by atoms with Gasteiger partial charge in [0, 0.05) is 0 Å². The van der Waals surface area contributed by atoms with Crippen LogP contribution in [0.3, 0.4) is 0 Å². The molecule has 0 N–H and O–H groups in total. The Kier molecular flexibility index (Phi) is 4.65. The molecule has 2 fully saturated rings.